The van der Waals surface area contributed by atoms with Gasteiger partial charge in [0.05, 0.1) is 11.4 Å². The largest absolute Gasteiger partial charge is 2.00 e. The maximum Gasteiger partial charge on any atom is 2.00 e. The van der Waals surface area contributed by atoms with Crippen molar-refractivity contribution in [2.45, 2.75) is 80.1 Å². The molecule has 43 heavy (non-hydrogen) atoms. The monoisotopic (exact) mass is 633 g/mol. The van der Waals surface area contributed by atoms with Gasteiger partial charge in [-0.15, -0.1) is 0 Å². The molecule has 0 unspecified atom stereocenters. The van der Waals surface area contributed by atoms with Gasteiger partial charge in [-0.05, 0) is 86.1 Å². The average molecular weight is 634 g/mol. The molecule has 9 heteroatoms. The zero-order valence-corrected chi connectivity index (χ0v) is 26.8. The summed E-state index contributed by atoms with van der Waals surface area (Å²) in [4.78, 5) is 27.1. The predicted octanol–water partition coefficient (Wildman–Crippen LogP) is 5.14. The van der Waals surface area contributed by atoms with Crippen molar-refractivity contribution in [1.82, 2.24) is 0 Å². The molecule has 0 fully saturated rings. The van der Waals surface area contributed by atoms with Gasteiger partial charge in [0.15, 0.2) is 0 Å². The molecule has 3 rings (SSSR count). The first-order valence-corrected chi connectivity index (χ1v) is 14.2. The fraction of sp³-hybridized carbons (Fsp3) is 0.353. The molecule has 0 aromatic heterocycles. The van der Waals surface area contributed by atoms with Gasteiger partial charge in [-0.1, -0.05) is 64.8 Å². The van der Waals surface area contributed by atoms with Gasteiger partial charge in [0.2, 0.25) is 0 Å². The summed E-state index contributed by atoms with van der Waals surface area (Å²) in [6.07, 6.45) is 9.01. The van der Waals surface area contributed by atoms with Gasteiger partial charge in [-0.3, -0.25) is 9.98 Å². The van der Waals surface area contributed by atoms with E-state index in [9.17, 15) is 10.2 Å². The normalized spacial score (nSPS) is 10.4. The quantitative estimate of drug-likeness (QED) is 0.296. The van der Waals surface area contributed by atoms with E-state index in [4.69, 9.17) is 19.8 Å². The third-order valence-electron chi connectivity index (χ3n) is 5.96. The van der Waals surface area contributed by atoms with Gasteiger partial charge in [-0.2, -0.15) is 0 Å². The third kappa shape index (κ3) is 14.2. The number of hydrogen-bond acceptors (Lipinski definition) is 8. The van der Waals surface area contributed by atoms with Crippen molar-refractivity contribution in [2.75, 3.05) is 0 Å². The summed E-state index contributed by atoms with van der Waals surface area (Å²) in [6, 6.07) is 15.8. The number of para-hydroxylation sites is 2. The Morgan fingerprint density at radius 2 is 1.02 bits per heavy atom. The summed E-state index contributed by atoms with van der Waals surface area (Å²) in [5.74, 6) is -1.59. The molecule has 2 N–H and O–H groups in total. The second-order valence-electron chi connectivity index (χ2n) is 9.58. The smallest absolute Gasteiger partial charge is 0.550 e. The molecule has 233 valence electrons. The number of carboxylic acid groups (broad SMARTS) is 2. The Morgan fingerprint density at radius 3 is 1.30 bits per heavy atom. The fourth-order valence-electron chi connectivity index (χ4n) is 4.14. The van der Waals surface area contributed by atoms with E-state index in [1.807, 2.05) is 50.2 Å². The zero-order valence-electron chi connectivity index (χ0n) is 25.8. The van der Waals surface area contributed by atoms with Crippen LogP contribution in [0.25, 0.3) is 0 Å². The molecule has 0 aliphatic carbocycles. The van der Waals surface area contributed by atoms with Crippen LogP contribution in [-0.4, -0.2) is 34.6 Å². The third-order valence-corrected chi connectivity index (χ3v) is 5.96. The number of aromatic hydroxyl groups is 2. The van der Waals surface area contributed by atoms with Crippen molar-refractivity contribution >= 4 is 35.7 Å². The van der Waals surface area contributed by atoms with E-state index < -0.39 is 11.9 Å². The zero-order chi connectivity index (χ0) is 31.7. The number of carboxylic acids is 2. The number of rotatable bonds is 10. The molecule has 0 amide bonds. The number of phenolic OH excluding ortho intramolecular Hbond substituents is 2. The molecular formula is C34H42CoN2O6. The minimum Gasteiger partial charge on any atom is -0.550 e. The standard InChI is InChI=1S/C30H36N2O2.2C2H4O2.Co/c1-5-11-21-15-23(7-3)29(33)25(17-21)19-31-27-13-9-10-14-28(27)32-20-26-18-22(12-6-2)16-24(8-4)30(26)34;2*1-2(3)4;/h9-10,13-20,33-34H,5-8,11-12H2,1-4H3;2*1H3,(H,3,4);/q;;;+2/p-2. The van der Waals surface area contributed by atoms with Gasteiger partial charge < -0.3 is 30.0 Å². The van der Waals surface area contributed by atoms with E-state index in [1.165, 1.54) is 11.1 Å². The van der Waals surface area contributed by atoms with Crippen molar-refractivity contribution in [3.8, 4) is 11.5 Å². The Labute approximate surface area is 265 Å². The molecule has 0 aliphatic rings. The van der Waals surface area contributed by atoms with Crippen LogP contribution >= 0.6 is 0 Å². The summed E-state index contributed by atoms with van der Waals surface area (Å²) >= 11 is 0. The molecule has 0 spiro atoms. The molecule has 3 aromatic rings. The summed E-state index contributed by atoms with van der Waals surface area (Å²) in [6.45, 7) is 10.3. The van der Waals surface area contributed by atoms with E-state index in [1.54, 1.807) is 12.4 Å². The summed E-state index contributed by atoms with van der Waals surface area (Å²) in [5, 5.41) is 39.1. The van der Waals surface area contributed by atoms with Gasteiger partial charge >= 0.3 is 16.8 Å². The number of phenols is 2. The van der Waals surface area contributed by atoms with Crippen LogP contribution in [-0.2, 0) is 52.1 Å². The molecule has 0 bridgehead atoms. The van der Waals surface area contributed by atoms with Gasteiger partial charge in [0.25, 0.3) is 0 Å². The molecule has 0 atom stereocenters. The van der Waals surface area contributed by atoms with Crippen molar-refractivity contribution in [2.24, 2.45) is 9.98 Å². The first-order valence-electron chi connectivity index (χ1n) is 14.2. The number of nitrogens with zero attached hydrogens (tertiary/aromatic N) is 2. The maximum atomic E-state index is 10.7. The van der Waals surface area contributed by atoms with Crippen molar-refractivity contribution < 1.29 is 46.8 Å². The number of aliphatic imine (C=N–C) groups is 2. The number of aryl methyl sites for hydroxylation is 4. The van der Waals surface area contributed by atoms with E-state index >= 15 is 0 Å². The fourth-order valence-corrected chi connectivity index (χ4v) is 4.14. The van der Waals surface area contributed by atoms with Gasteiger partial charge in [-0.25, -0.2) is 0 Å². The predicted molar refractivity (Wildman–Crippen MR) is 165 cm³/mol. The summed E-state index contributed by atoms with van der Waals surface area (Å²) in [5.41, 5.74) is 7.14. The topological polar surface area (TPSA) is 145 Å². The number of aliphatic carboxylic acids is 2. The molecule has 0 saturated carbocycles. The van der Waals surface area contributed by atoms with Crippen LogP contribution in [0.2, 0.25) is 0 Å². The Hall–Kier alpha value is -3.95. The summed E-state index contributed by atoms with van der Waals surface area (Å²) in [7, 11) is 0. The minimum absolute atomic E-state index is 0. The Kier molecular flexibility index (Phi) is 18.9. The van der Waals surface area contributed by atoms with Crippen LogP contribution in [0, 0.1) is 0 Å². The Bertz CT molecular complexity index is 1270. The van der Waals surface area contributed by atoms with Crippen LogP contribution in [0.4, 0.5) is 11.4 Å². The first-order chi connectivity index (χ1) is 20.0. The van der Waals surface area contributed by atoms with Crippen LogP contribution in [0.5, 0.6) is 11.5 Å². The molecule has 0 aliphatic heterocycles. The van der Waals surface area contributed by atoms with Crippen LogP contribution < -0.4 is 10.2 Å². The number of hydrogen-bond donors (Lipinski definition) is 2. The second-order valence-corrected chi connectivity index (χ2v) is 9.58. The van der Waals surface area contributed by atoms with E-state index in [2.05, 4.69) is 36.0 Å². The Balaban J connectivity index is 0.00000174. The molecule has 0 heterocycles. The average Bonchev–Trinajstić information content (AvgIpc) is 2.93. The van der Waals surface area contributed by atoms with Crippen LogP contribution in [0.15, 0.2) is 58.5 Å². The van der Waals surface area contributed by atoms with Crippen LogP contribution in [0.3, 0.4) is 0 Å². The Morgan fingerprint density at radius 1 is 0.698 bits per heavy atom. The molecule has 1 radical (unpaired) electrons. The second kappa shape index (κ2) is 20.8. The SMILES string of the molecule is CC(=O)[O-].CC(=O)[O-].CCCc1cc(C=Nc2ccccc2N=Cc2cc(CCC)cc(CC)c2O)c(O)c(CC)c1.[Co+2]. The van der Waals surface area contributed by atoms with Crippen molar-refractivity contribution in [3.63, 3.8) is 0 Å². The van der Waals surface area contributed by atoms with Gasteiger partial charge in [0.1, 0.15) is 11.5 Å². The number of carbonyl (C=O) groups is 2. The van der Waals surface area contributed by atoms with Crippen LogP contribution in [0.1, 0.15) is 87.8 Å². The summed E-state index contributed by atoms with van der Waals surface area (Å²) < 4.78 is 0. The number of carbonyl (C=O) groups excluding carboxylic acids is 2. The van der Waals surface area contributed by atoms with Gasteiger partial charge in [0, 0.05) is 35.5 Å². The molecular weight excluding hydrogens is 591 g/mol. The van der Waals surface area contributed by atoms with Crippen molar-refractivity contribution in [1.29, 1.82) is 0 Å². The molecule has 0 saturated heterocycles. The van der Waals surface area contributed by atoms with Crippen molar-refractivity contribution in [3.05, 3.63) is 81.9 Å². The van der Waals surface area contributed by atoms with E-state index in [0.717, 1.165) is 74.6 Å². The molecule has 8 nitrogen and oxygen atoms in total. The van der Waals surface area contributed by atoms with E-state index in [-0.39, 0.29) is 28.3 Å². The van der Waals surface area contributed by atoms with E-state index in [0.29, 0.717) is 11.4 Å². The maximum absolute atomic E-state index is 10.7. The first kappa shape index (κ1) is 39.0. The minimum atomic E-state index is -1.08. The molecule has 3 aromatic carbocycles. The number of benzene rings is 3.